The van der Waals surface area contributed by atoms with Crippen LogP contribution in [-0.4, -0.2) is 79.3 Å². The van der Waals surface area contributed by atoms with Crippen molar-refractivity contribution in [2.24, 2.45) is 0 Å². The van der Waals surface area contributed by atoms with E-state index in [1.807, 2.05) is 6.20 Å². The number of nitrogens with zero attached hydrogens (tertiary/aromatic N) is 5. The average molecular weight is 558 g/mol. The van der Waals surface area contributed by atoms with Crippen LogP contribution in [0, 0.1) is 0 Å². The largest absolute Gasteiger partial charge is 0.378 e. The fraction of sp³-hybridized carbons (Fsp3) is 0.516. The van der Waals surface area contributed by atoms with Crippen LogP contribution in [0.15, 0.2) is 48.7 Å². The summed E-state index contributed by atoms with van der Waals surface area (Å²) in [5.41, 5.74) is 3.71. The number of ether oxygens (including phenoxy) is 3. The number of hydrogen-bond acceptors (Lipinski definition) is 10. The summed E-state index contributed by atoms with van der Waals surface area (Å²) in [6, 6.07) is 14.9. The SMILES string of the molecule is CC1(C)CC2N(c3cccc([C@H]4COCCN4)n3)c3nc(Nc4ccc(N5CCOCC5)cc4)ncc3[C@@]2(C)CO1. The number of rotatable bonds is 5. The van der Waals surface area contributed by atoms with Gasteiger partial charge >= 0.3 is 0 Å². The Kier molecular flexibility index (Phi) is 6.81. The van der Waals surface area contributed by atoms with E-state index in [0.29, 0.717) is 19.2 Å². The van der Waals surface area contributed by atoms with Crippen LogP contribution in [0.4, 0.5) is 29.0 Å². The number of benzene rings is 1. The highest BCUT2D eigenvalue weighted by Gasteiger charge is 2.55. The van der Waals surface area contributed by atoms with Gasteiger partial charge in [-0.25, -0.2) is 9.97 Å². The lowest BCUT2D eigenvalue weighted by Gasteiger charge is -2.46. The fourth-order valence-corrected chi connectivity index (χ4v) is 6.49. The molecule has 0 radical (unpaired) electrons. The molecule has 216 valence electrons. The van der Waals surface area contributed by atoms with Crippen molar-refractivity contribution in [3.63, 3.8) is 0 Å². The fourth-order valence-electron chi connectivity index (χ4n) is 6.49. The van der Waals surface area contributed by atoms with Crippen LogP contribution < -0.4 is 20.4 Å². The van der Waals surface area contributed by atoms with Gasteiger partial charge < -0.3 is 34.6 Å². The van der Waals surface area contributed by atoms with Gasteiger partial charge in [-0.05, 0) is 56.7 Å². The van der Waals surface area contributed by atoms with Crippen molar-refractivity contribution in [3.8, 4) is 0 Å². The van der Waals surface area contributed by atoms with Crippen LogP contribution >= 0.6 is 0 Å². The van der Waals surface area contributed by atoms with E-state index in [4.69, 9.17) is 29.2 Å². The lowest BCUT2D eigenvalue weighted by Crippen LogP contribution is -2.54. The zero-order valence-electron chi connectivity index (χ0n) is 24.1. The van der Waals surface area contributed by atoms with Crippen LogP contribution in [0.5, 0.6) is 0 Å². The second-order valence-electron chi connectivity index (χ2n) is 12.3. The molecule has 1 aromatic carbocycles. The Labute approximate surface area is 241 Å². The quantitative estimate of drug-likeness (QED) is 0.478. The smallest absolute Gasteiger partial charge is 0.229 e. The minimum Gasteiger partial charge on any atom is -0.378 e. The van der Waals surface area contributed by atoms with Gasteiger partial charge in [0.1, 0.15) is 11.6 Å². The molecule has 2 aromatic heterocycles. The zero-order chi connectivity index (χ0) is 28.0. The standard InChI is InChI=1S/C31H39N7O3/c1-30(2)17-26-31(3,20-41-30)23-18-33-29(34-21-7-9-22(10-8-21)37-12-15-39-16-13-37)36-28(23)38(26)27-6-4-5-24(35-27)25-19-40-14-11-32-25/h4-10,18,25-26,32H,11-17,19-20H2,1-3H3,(H,33,34,36)/t25-,26?,31-/m1/s1. The maximum atomic E-state index is 6.37. The highest BCUT2D eigenvalue weighted by Crippen LogP contribution is 2.53. The molecule has 0 amide bonds. The first-order valence-electron chi connectivity index (χ1n) is 14.7. The first-order valence-corrected chi connectivity index (χ1v) is 14.7. The Hall–Kier alpha value is -3.31. The second kappa shape index (κ2) is 10.5. The third-order valence-corrected chi connectivity index (χ3v) is 8.89. The predicted octanol–water partition coefficient (Wildman–Crippen LogP) is 4.09. The Morgan fingerprint density at radius 3 is 2.59 bits per heavy atom. The van der Waals surface area contributed by atoms with Crippen LogP contribution in [0.3, 0.4) is 0 Å². The molecule has 0 bridgehead atoms. The third kappa shape index (κ3) is 5.03. The monoisotopic (exact) mass is 557 g/mol. The molecule has 10 heteroatoms. The number of pyridine rings is 1. The first-order chi connectivity index (χ1) is 19.9. The molecule has 3 fully saturated rings. The van der Waals surface area contributed by atoms with Crippen molar-refractivity contribution in [3.05, 3.63) is 59.9 Å². The highest BCUT2D eigenvalue weighted by atomic mass is 16.5. The van der Waals surface area contributed by atoms with Gasteiger partial charge in [0.05, 0.1) is 56.4 Å². The number of hydrogen-bond donors (Lipinski definition) is 2. The summed E-state index contributed by atoms with van der Waals surface area (Å²) in [5, 5.41) is 6.98. The number of anilines is 5. The molecule has 0 aliphatic carbocycles. The molecule has 6 heterocycles. The van der Waals surface area contributed by atoms with Gasteiger partial charge in [-0.1, -0.05) is 13.0 Å². The maximum Gasteiger partial charge on any atom is 0.229 e. The van der Waals surface area contributed by atoms with Crippen molar-refractivity contribution in [2.75, 3.05) is 67.8 Å². The topological polar surface area (TPSA) is 96.9 Å². The minimum atomic E-state index is -0.257. The minimum absolute atomic E-state index is 0.0753. The van der Waals surface area contributed by atoms with Crippen molar-refractivity contribution in [1.29, 1.82) is 0 Å². The molecule has 4 aliphatic heterocycles. The van der Waals surface area contributed by atoms with E-state index in [9.17, 15) is 0 Å². The van der Waals surface area contributed by atoms with Crippen molar-refractivity contribution in [1.82, 2.24) is 20.3 Å². The van der Waals surface area contributed by atoms with Gasteiger partial charge in [-0.3, -0.25) is 0 Å². The Morgan fingerprint density at radius 1 is 0.976 bits per heavy atom. The molecule has 7 rings (SSSR count). The van der Waals surface area contributed by atoms with Gasteiger partial charge in [-0.15, -0.1) is 0 Å². The lowest BCUT2D eigenvalue weighted by molar-refractivity contribution is -0.0893. The van der Waals surface area contributed by atoms with Gasteiger partial charge in [0, 0.05) is 48.2 Å². The Bertz CT molecular complexity index is 1390. The van der Waals surface area contributed by atoms with Gasteiger partial charge in [0.15, 0.2) is 0 Å². The molecule has 0 saturated carbocycles. The van der Waals surface area contributed by atoms with E-state index in [2.05, 4.69) is 83.7 Å². The third-order valence-electron chi connectivity index (χ3n) is 8.89. The van der Waals surface area contributed by atoms with Crippen LogP contribution in [0.1, 0.15) is 44.5 Å². The van der Waals surface area contributed by atoms with Crippen molar-refractivity contribution >= 4 is 29.0 Å². The van der Waals surface area contributed by atoms with E-state index in [0.717, 1.165) is 74.5 Å². The van der Waals surface area contributed by atoms with Crippen LogP contribution in [0.2, 0.25) is 0 Å². The first kappa shape index (κ1) is 26.6. The van der Waals surface area contributed by atoms with Crippen LogP contribution in [-0.2, 0) is 19.6 Å². The summed E-state index contributed by atoms with van der Waals surface area (Å²) in [4.78, 5) is 19.7. The molecule has 10 nitrogen and oxygen atoms in total. The maximum absolute atomic E-state index is 6.37. The molecular weight excluding hydrogens is 518 g/mol. The van der Waals surface area contributed by atoms with Crippen LogP contribution in [0.25, 0.3) is 0 Å². The number of aromatic nitrogens is 3. The molecule has 41 heavy (non-hydrogen) atoms. The van der Waals surface area contributed by atoms with E-state index in [1.165, 1.54) is 5.69 Å². The summed E-state index contributed by atoms with van der Waals surface area (Å²) in [5.74, 6) is 2.34. The summed E-state index contributed by atoms with van der Waals surface area (Å²) in [7, 11) is 0. The van der Waals surface area contributed by atoms with Crippen molar-refractivity contribution in [2.45, 2.75) is 50.3 Å². The Morgan fingerprint density at radius 2 is 1.80 bits per heavy atom. The number of fused-ring (bicyclic) bond motifs is 3. The summed E-state index contributed by atoms with van der Waals surface area (Å²) >= 11 is 0. The average Bonchev–Trinajstić information content (AvgIpc) is 3.25. The zero-order valence-corrected chi connectivity index (χ0v) is 24.1. The van der Waals surface area contributed by atoms with E-state index >= 15 is 0 Å². The molecule has 1 unspecified atom stereocenters. The molecule has 3 aromatic rings. The predicted molar refractivity (Wildman–Crippen MR) is 159 cm³/mol. The molecule has 0 spiro atoms. The number of morpholine rings is 2. The van der Waals surface area contributed by atoms with E-state index in [1.54, 1.807) is 0 Å². The van der Waals surface area contributed by atoms with Gasteiger partial charge in [0.25, 0.3) is 0 Å². The van der Waals surface area contributed by atoms with E-state index in [-0.39, 0.29) is 23.1 Å². The molecule has 3 saturated heterocycles. The highest BCUT2D eigenvalue weighted by molar-refractivity contribution is 5.71. The summed E-state index contributed by atoms with van der Waals surface area (Å²) in [6.45, 7) is 12.7. The molecular formula is C31H39N7O3. The lowest BCUT2D eigenvalue weighted by atomic mass is 9.73. The van der Waals surface area contributed by atoms with E-state index < -0.39 is 0 Å². The summed E-state index contributed by atoms with van der Waals surface area (Å²) < 4.78 is 17.6. The normalized spacial score (nSPS) is 27.3. The van der Waals surface area contributed by atoms with Crippen molar-refractivity contribution < 1.29 is 14.2 Å². The molecule has 3 atom stereocenters. The van der Waals surface area contributed by atoms with Gasteiger partial charge in [-0.2, -0.15) is 4.98 Å². The number of nitrogens with one attached hydrogen (secondary N) is 2. The summed E-state index contributed by atoms with van der Waals surface area (Å²) in [6.07, 6.45) is 2.82. The van der Waals surface area contributed by atoms with Gasteiger partial charge in [0.2, 0.25) is 5.95 Å². The molecule has 2 N–H and O–H groups in total. The second-order valence-corrected chi connectivity index (χ2v) is 12.3. The Balaban J connectivity index is 1.22. The molecule has 4 aliphatic rings.